The van der Waals surface area contributed by atoms with Crippen molar-refractivity contribution in [3.63, 3.8) is 0 Å². The zero-order chi connectivity index (χ0) is 40.7. The largest absolute Gasteiger partial charge is 0.478 e. The van der Waals surface area contributed by atoms with Gasteiger partial charge in [-0.05, 0) is 113 Å². The molecule has 13 nitrogen and oxygen atoms in total. The van der Waals surface area contributed by atoms with Crippen LogP contribution in [0.3, 0.4) is 0 Å². The van der Waals surface area contributed by atoms with Crippen LogP contribution in [0.1, 0.15) is 123 Å². The van der Waals surface area contributed by atoms with E-state index in [0.717, 1.165) is 69.9 Å². The van der Waals surface area contributed by atoms with Crippen molar-refractivity contribution >= 4 is 46.6 Å². The first-order valence-corrected chi connectivity index (χ1v) is 24.7. The van der Waals surface area contributed by atoms with Crippen molar-refractivity contribution in [1.82, 2.24) is 40.4 Å². The van der Waals surface area contributed by atoms with Crippen LogP contribution in [0.15, 0.2) is 33.7 Å². The first kappa shape index (κ1) is 42.5. The molecule has 59 heavy (non-hydrogen) atoms. The Morgan fingerprint density at radius 3 is 1.44 bits per heavy atom. The minimum Gasteiger partial charge on any atom is -0.478 e. The number of hydrogen-bond acceptors (Lipinski definition) is 9. The fourth-order valence-electron chi connectivity index (χ4n) is 11.5. The Kier molecular flexibility index (Phi) is 14.5. The summed E-state index contributed by atoms with van der Waals surface area (Å²) in [6, 6.07) is 7.87. The van der Waals surface area contributed by atoms with Crippen molar-refractivity contribution in [2.45, 2.75) is 151 Å². The molecule has 15 heteroatoms. The van der Waals surface area contributed by atoms with E-state index in [-0.39, 0.29) is 18.0 Å². The predicted molar refractivity (Wildman–Crippen MR) is 232 cm³/mol. The van der Waals surface area contributed by atoms with Crippen molar-refractivity contribution in [1.29, 1.82) is 0 Å². The van der Waals surface area contributed by atoms with Crippen LogP contribution in [0.25, 0.3) is 0 Å². The molecule has 0 radical (unpaired) electrons. The van der Waals surface area contributed by atoms with E-state index in [4.69, 9.17) is 5.11 Å². The highest BCUT2D eigenvalue weighted by Crippen LogP contribution is 2.35. The number of fused-ring (bicyclic) bond motifs is 2. The standard InChI is InChI=1S/C22H32N4O2S.C17H30N4O.C5H4O2S/c27-21(16-9-14-29-15-16)25-12-5-17(6-13-25)24-10-7-18(8-11-24)26-20-4-2-1-3-19(20)23-22(26)28;22-17-19-15-3-1-2-4-16(15)21(17)14-7-11-20(12-8-14)13-5-9-18-10-6-13;6-5(7)4-1-2-8-3-4/h9,14-15,17-20H,1-8,10-13H2,(H,23,28);13-16,18H,1-12H2,(H,19,22);1-3H,(H,6,7)/t19-,20+;15-,16+;/m11./s1. The number of urea groups is 2. The van der Waals surface area contributed by atoms with Gasteiger partial charge >= 0.3 is 18.0 Å². The highest BCUT2D eigenvalue weighted by Gasteiger charge is 2.46. The van der Waals surface area contributed by atoms with E-state index in [1.807, 2.05) is 21.7 Å². The molecule has 0 spiro atoms. The van der Waals surface area contributed by atoms with E-state index < -0.39 is 5.97 Å². The van der Waals surface area contributed by atoms with Crippen LogP contribution in [0.2, 0.25) is 0 Å². The Bertz CT molecular complexity index is 1670. The van der Waals surface area contributed by atoms with E-state index in [0.29, 0.717) is 47.9 Å². The molecule has 4 atom stereocenters. The normalized spacial score (nSPS) is 29.1. The van der Waals surface area contributed by atoms with Gasteiger partial charge in [-0.3, -0.25) is 4.79 Å². The number of aromatic carboxylic acids is 1. The Morgan fingerprint density at radius 1 is 0.559 bits per heavy atom. The molecule has 0 aromatic carbocycles. The highest BCUT2D eigenvalue weighted by atomic mass is 32.1. The minimum absolute atomic E-state index is 0.181. The average molecular weight is 851 g/mol. The molecular formula is C44H66N8O5S2. The monoisotopic (exact) mass is 850 g/mol. The van der Waals surface area contributed by atoms with Gasteiger partial charge in [0.25, 0.3) is 5.91 Å². The molecule has 6 aliphatic heterocycles. The van der Waals surface area contributed by atoms with Crippen LogP contribution in [-0.2, 0) is 0 Å². The number of hydrogen-bond donors (Lipinski definition) is 4. The van der Waals surface area contributed by atoms with E-state index >= 15 is 0 Å². The quantitative estimate of drug-likeness (QED) is 0.272. The molecule has 2 aromatic heterocycles. The summed E-state index contributed by atoms with van der Waals surface area (Å²) in [4.78, 5) is 59.4. The number of nitrogens with one attached hydrogen (secondary N) is 3. The maximum Gasteiger partial charge on any atom is 0.336 e. The number of rotatable bonds is 6. The third kappa shape index (κ3) is 10.1. The van der Waals surface area contributed by atoms with Gasteiger partial charge in [0, 0.05) is 74.2 Å². The van der Waals surface area contributed by atoms with Gasteiger partial charge in [-0.2, -0.15) is 22.7 Å². The molecule has 10 rings (SSSR count). The van der Waals surface area contributed by atoms with Gasteiger partial charge in [0.15, 0.2) is 0 Å². The lowest BCUT2D eigenvalue weighted by atomic mass is 9.89. The van der Waals surface area contributed by atoms with Crippen molar-refractivity contribution in [2.75, 3.05) is 52.4 Å². The summed E-state index contributed by atoms with van der Waals surface area (Å²) >= 11 is 2.97. The number of likely N-dealkylation sites (tertiary alicyclic amines) is 3. The molecule has 8 heterocycles. The van der Waals surface area contributed by atoms with E-state index in [9.17, 15) is 19.2 Å². The second kappa shape index (κ2) is 20.1. The molecule has 2 saturated carbocycles. The fourth-order valence-corrected chi connectivity index (χ4v) is 12.7. The van der Waals surface area contributed by atoms with Crippen molar-refractivity contribution < 1.29 is 24.3 Å². The summed E-state index contributed by atoms with van der Waals surface area (Å²) < 4.78 is 0. The molecular weight excluding hydrogens is 785 g/mol. The van der Waals surface area contributed by atoms with E-state index in [2.05, 4.69) is 35.6 Å². The van der Waals surface area contributed by atoms with E-state index in [1.165, 1.54) is 108 Å². The number of piperidine rings is 4. The van der Waals surface area contributed by atoms with Gasteiger partial charge in [-0.1, -0.05) is 25.7 Å². The van der Waals surface area contributed by atoms with Crippen molar-refractivity contribution in [3.8, 4) is 0 Å². The van der Waals surface area contributed by atoms with E-state index in [1.54, 1.807) is 28.2 Å². The Balaban J connectivity index is 0.000000142. The minimum atomic E-state index is -0.855. The number of carboxylic acids is 1. The number of carboxylic acid groups (broad SMARTS) is 1. The fraction of sp³-hybridized carbons (Fsp3) is 0.727. The molecule has 8 fully saturated rings. The highest BCUT2D eigenvalue weighted by molar-refractivity contribution is 7.08. The predicted octanol–water partition coefficient (Wildman–Crippen LogP) is 6.14. The van der Waals surface area contributed by atoms with Gasteiger partial charge in [0.1, 0.15) is 0 Å². The Labute approximate surface area is 358 Å². The third-order valence-electron chi connectivity index (χ3n) is 14.7. The van der Waals surface area contributed by atoms with Crippen molar-refractivity contribution in [2.24, 2.45) is 0 Å². The number of carbonyl (C=O) groups is 4. The molecule has 4 N–H and O–H groups in total. The zero-order valence-corrected chi connectivity index (χ0v) is 36.3. The summed E-state index contributed by atoms with van der Waals surface area (Å²) in [6.45, 7) is 8.57. The summed E-state index contributed by atoms with van der Waals surface area (Å²) in [6.07, 6.45) is 19.0. The van der Waals surface area contributed by atoms with Crippen LogP contribution in [0.4, 0.5) is 9.59 Å². The summed E-state index contributed by atoms with van der Waals surface area (Å²) in [5.74, 6) is -0.670. The SMILES string of the molecule is O=C(O)c1ccsc1.O=C(c1ccsc1)N1CCC(N2CCC(N3C(=O)N[C@@H]4CCCC[C@@H]43)CC2)CC1.O=C1N[C@@H]2CCCC[C@@H]2N1C1CCN(C2CCNCC2)CC1. The molecule has 6 saturated heterocycles. The maximum atomic E-state index is 12.6. The van der Waals surface area contributed by atoms with Crippen LogP contribution < -0.4 is 16.0 Å². The zero-order valence-electron chi connectivity index (χ0n) is 34.7. The second-order valence-electron chi connectivity index (χ2n) is 18.0. The maximum absolute atomic E-state index is 12.6. The second-order valence-corrected chi connectivity index (χ2v) is 19.6. The average Bonchev–Trinajstić information content (AvgIpc) is 4.12. The van der Waals surface area contributed by atoms with Gasteiger partial charge < -0.3 is 45.6 Å². The third-order valence-corrected chi connectivity index (χ3v) is 16.0. The Morgan fingerprint density at radius 2 is 1.00 bits per heavy atom. The van der Waals surface area contributed by atoms with Gasteiger partial charge in [0.2, 0.25) is 0 Å². The molecule has 0 bridgehead atoms. The molecule has 5 amide bonds. The first-order chi connectivity index (χ1) is 28.8. The lowest BCUT2D eigenvalue weighted by Gasteiger charge is -2.44. The number of nitrogens with zero attached hydrogens (tertiary/aromatic N) is 5. The Hall–Kier alpha value is -3.24. The molecule has 2 aromatic rings. The van der Waals surface area contributed by atoms with Crippen molar-refractivity contribution in [3.05, 3.63) is 44.8 Å². The van der Waals surface area contributed by atoms with Gasteiger partial charge in [-0.15, -0.1) is 0 Å². The topological polar surface area (TPSA) is 141 Å². The van der Waals surface area contributed by atoms with Crippen LogP contribution in [-0.4, -0.2) is 154 Å². The first-order valence-electron chi connectivity index (χ1n) is 22.8. The van der Waals surface area contributed by atoms with Crippen LogP contribution in [0.5, 0.6) is 0 Å². The van der Waals surface area contributed by atoms with Crippen LogP contribution >= 0.6 is 22.7 Å². The molecule has 324 valence electrons. The summed E-state index contributed by atoms with van der Waals surface area (Å²) in [5, 5.41) is 25.5. The summed E-state index contributed by atoms with van der Waals surface area (Å²) in [7, 11) is 0. The lowest BCUT2D eigenvalue weighted by molar-refractivity contribution is 0.0471. The number of carbonyl (C=O) groups excluding carboxylic acids is 3. The lowest BCUT2D eigenvalue weighted by Crippen LogP contribution is -2.53. The molecule has 2 aliphatic carbocycles. The van der Waals surface area contributed by atoms with Gasteiger partial charge in [-0.25, -0.2) is 14.4 Å². The smallest absolute Gasteiger partial charge is 0.336 e. The summed E-state index contributed by atoms with van der Waals surface area (Å²) in [5.41, 5.74) is 1.20. The molecule has 8 aliphatic rings. The number of amides is 5. The number of thiophene rings is 2. The van der Waals surface area contributed by atoms with Gasteiger partial charge in [0.05, 0.1) is 35.3 Å². The van der Waals surface area contributed by atoms with Crippen LogP contribution in [0, 0.1) is 0 Å². The molecule has 0 unspecified atom stereocenters.